The van der Waals surface area contributed by atoms with Crippen molar-refractivity contribution in [2.24, 2.45) is 7.05 Å². The summed E-state index contributed by atoms with van der Waals surface area (Å²) in [7, 11) is 3.15. The van der Waals surface area contributed by atoms with Crippen LogP contribution in [0, 0.1) is 10.5 Å². The molecule has 0 amide bonds. The second kappa shape index (κ2) is 3.42. The lowest BCUT2D eigenvalue weighted by atomic mass is 10.4. The van der Waals surface area contributed by atoms with Gasteiger partial charge in [0.05, 0.1) is 10.7 Å². The SMILES string of the molecule is COC(=O)c1nn(C)c(C)c1I. The van der Waals surface area contributed by atoms with E-state index in [9.17, 15) is 4.79 Å². The third-order valence-electron chi connectivity index (χ3n) is 1.64. The van der Waals surface area contributed by atoms with Gasteiger partial charge in [0.15, 0.2) is 5.69 Å². The number of hydrogen-bond donors (Lipinski definition) is 0. The number of carbonyl (C=O) groups is 1. The topological polar surface area (TPSA) is 44.1 Å². The molecule has 1 aromatic rings. The number of carbonyl (C=O) groups excluding carboxylic acids is 1. The molecule has 0 fully saturated rings. The molecule has 4 nitrogen and oxygen atoms in total. The number of methoxy groups -OCH3 is 1. The molecule has 0 aliphatic rings. The first-order valence-electron chi connectivity index (χ1n) is 3.35. The lowest BCUT2D eigenvalue weighted by Gasteiger charge is -1.92. The second-order valence-corrected chi connectivity index (χ2v) is 3.44. The molecule has 5 heteroatoms. The monoisotopic (exact) mass is 280 g/mol. The number of ether oxygens (including phenoxy) is 1. The summed E-state index contributed by atoms with van der Waals surface area (Å²) >= 11 is 2.08. The highest BCUT2D eigenvalue weighted by atomic mass is 127. The molecule has 12 heavy (non-hydrogen) atoms. The minimum absolute atomic E-state index is 0.386. The van der Waals surface area contributed by atoms with E-state index in [-0.39, 0.29) is 5.97 Å². The van der Waals surface area contributed by atoms with Crippen molar-refractivity contribution in [3.05, 3.63) is 15.0 Å². The van der Waals surface area contributed by atoms with Crippen molar-refractivity contribution >= 4 is 28.6 Å². The van der Waals surface area contributed by atoms with E-state index in [1.54, 1.807) is 11.7 Å². The predicted molar refractivity (Wildman–Crippen MR) is 52.0 cm³/mol. The Kier molecular flexibility index (Phi) is 2.71. The summed E-state index contributed by atoms with van der Waals surface area (Å²) < 4.78 is 7.08. The Labute approximate surface area is 84.0 Å². The first-order valence-corrected chi connectivity index (χ1v) is 4.43. The van der Waals surface area contributed by atoms with Crippen molar-refractivity contribution in [3.8, 4) is 0 Å². The summed E-state index contributed by atoms with van der Waals surface area (Å²) in [6.07, 6.45) is 0. The highest BCUT2D eigenvalue weighted by Crippen LogP contribution is 2.15. The number of nitrogens with zero attached hydrogens (tertiary/aromatic N) is 2. The number of aryl methyl sites for hydroxylation is 1. The van der Waals surface area contributed by atoms with E-state index in [0.29, 0.717) is 5.69 Å². The highest BCUT2D eigenvalue weighted by Gasteiger charge is 2.17. The Bertz CT molecular complexity index is 319. The molecule has 0 spiro atoms. The number of rotatable bonds is 1. The van der Waals surface area contributed by atoms with Gasteiger partial charge in [-0.2, -0.15) is 5.10 Å². The number of esters is 1. The molecule has 0 aliphatic heterocycles. The first kappa shape index (κ1) is 9.50. The van der Waals surface area contributed by atoms with Gasteiger partial charge in [-0.1, -0.05) is 0 Å². The zero-order valence-electron chi connectivity index (χ0n) is 7.09. The van der Waals surface area contributed by atoms with E-state index in [4.69, 9.17) is 0 Å². The summed E-state index contributed by atoms with van der Waals surface area (Å²) in [5.41, 5.74) is 1.36. The fourth-order valence-corrected chi connectivity index (χ4v) is 1.49. The normalized spacial score (nSPS) is 10.0. The minimum Gasteiger partial charge on any atom is -0.464 e. The van der Waals surface area contributed by atoms with Crippen LogP contribution in [-0.4, -0.2) is 22.9 Å². The van der Waals surface area contributed by atoms with Gasteiger partial charge < -0.3 is 4.74 Å². The van der Waals surface area contributed by atoms with Gasteiger partial charge in [-0.25, -0.2) is 4.79 Å². The lowest BCUT2D eigenvalue weighted by molar-refractivity contribution is 0.0592. The third-order valence-corrected chi connectivity index (χ3v) is 2.93. The Morgan fingerprint density at radius 1 is 1.67 bits per heavy atom. The maximum absolute atomic E-state index is 11.1. The maximum atomic E-state index is 11.1. The molecule has 1 rings (SSSR count). The van der Waals surface area contributed by atoms with Crippen molar-refractivity contribution in [2.45, 2.75) is 6.92 Å². The quantitative estimate of drug-likeness (QED) is 0.572. The minimum atomic E-state index is -0.386. The van der Waals surface area contributed by atoms with Crippen LogP contribution < -0.4 is 0 Å². The van der Waals surface area contributed by atoms with Crippen LogP contribution in [0.3, 0.4) is 0 Å². The average Bonchev–Trinajstić information content (AvgIpc) is 2.32. The summed E-state index contributed by atoms with van der Waals surface area (Å²) in [6.45, 7) is 1.90. The van der Waals surface area contributed by atoms with E-state index in [2.05, 4.69) is 32.4 Å². The standard InChI is InChI=1S/C7H9IN2O2/c1-4-5(8)6(7(11)12-3)9-10(4)2/h1-3H3. The van der Waals surface area contributed by atoms with Gasteiger partial charge in [-0.3, -0.25) is 4.68 Å². The van der Waals surface area contributed by atoms with Gasteiger partial charge in [0.1, 0.15) is 0 Å². The Balaban J connectivity index is 3.17. The van der Waals surface area contributed by atoms with Crippen molar-refractivity contribution in [1.82, 2.24) is 9.78 Å². The molecule has 0 saturated carbocycles. The average molecular weight is 280 g/mol. The van der Waals surface area contributed by atoms with E-state index in [1.165, 1.54) is 7.11 Å². The van der Waals surface area contributed by atoms with Gasteiger partial charge in [-0.05, 0) is 29.5 Å². The molecule has 66 valence electrons. The van der Waals surface area contributed by atoms with Crippen LogP contribution in [0.4, 0.5) is 0 Å². The zero-order valence-corrected chi connectivity index (χ0v) is 9.25. The van der Waals surface area contributed by atoms with Gasteiger partial charge in [0.25, 0.3) is 0 Å². The summed E-state index contributed by atoms with van der Waals surface area (Å²) in [4.78, 5) is 11.1. The summed E-state index contributed by atoms with van der Waals surface area (Å²) in [5.74, 6) is -0.386. The molecule has 0 aliphatic carbocycles. The highest BCUT2D eigenvalue weighted by molar-refractivity contribution is 14.1. The fourth-order valence-electron chi connectivity index (χ4n) is 0.809. The smallest absolute Gasteiger partial charge is 0.359 e. The van der Waals surface area contributed by atoms with Crippen LogP contribution in [0.2, 0.25) is 0 Å². The van der Waals surface area contributed by atoms with Gasteiger partial charge in [-0.15, -0.1) is 0 Å². The number of aromatic nitrogens is 2. The van der Waals surface area contributed by atoms with E-state index in [1.807, 2.05) is 6.92 Å². The Hall–Kier alpha value is -0.590. The molecular formula is C7H9IN2O2. The third kappa shape index (κ3) is 1.45. The molecule has 0 saturated heterocycles. The van der Waals surface area contributed by atoms with Crippen LogP contribution in [0.15, 0.2) is 0 Å². The molecule has 0 radical (unpaired) electrons. The lowest BCUT2D eigenvalue weighted by Crippen LogP contribution is -2.04. The molecule has 0 aromatic carbocycles. The van der Waals surface area contributed by atoms with Crippen LogP contribution >= 0.6 is 22.6 Å². The molecule has 0 atom stereocenters. The Morgan fingerprint density at radius 2 is 2.25 bits per heavy atom. The number of hydrogen-bond acceptors (Lipinski definition) is 3. The molecule has 1 aromatic heterocycles. The van der Waals surface area contributed by atoms with Crippen molar-refractivity contribution in [3.63, 3.8) is 0 Å². The van der Waals surface area contributed by atoms with Crippen LogP contribution in [0.25, 0.3) is 0 Å². The fraction of sp³-hybridized carbons (Fsp3) is 0.429. The Morgan fingerprint density at radius 3 is 2.58 bits per heavy atom. The molecule has 0 bridgehead atoms. The van der Waals surface area contributed by atoms with E-state index >= 15 is 0 Å². The van der Waals surface area contributed by atoms with Crippen LogP contribution in [0.5, 0.6) is 0 Å². The van der Waals surface area contributed by atoms with Gasteiger partial charge in [0, 0.05) is 12.7 Å². The molecule has 0 N–H and O–H groups in total. The summed E-state index contributed by atoms with van der Waals surface area (Å²) in [5, 5.41) is 4.02. The van der Waals surface area contributed by atoms with E-state index in [0.717, 1.165) is 9.26 Å². The van der Waals surface area contributed by atoms with Crippen molar-refractivity contribution < 1.29 is 9.53 Å². The van der Waals surface area contributed by atoms with Crippen LogP contribution in [0.1, 0.15) is 16.2 Å². The van der Waals surface area contributed by atoms with Gasteiger partial charge >= 0.3 is 5.97 Å². The van der Waals surface area contributed by atoms with Crippen LogP contribution in [-0.2, 0) is 11.8 Å². The largest absolute Gasteiger partial charge is 0.464 e. The van der Waals surface area contributed by atoms with Crippen molar-refractivity contribution in [2.75, 3.05) is 7.11 Å². The first-order chi connectivity index (χ1) is 5.57. The van der Waals surface area contributed by atoms with Gasteiger partial charge in [0.2, 0.25) is 0 Å². The second-order valence-electron chi connectivity index (χ2n) is 2.36. The summed E-state index contributed by atoms with van der Waals surface area (Å²) in [6, 6.07) is 0. The van der Waals surface area contributed by atoms with Crippen molar-refractivity contribution in [1.29, 1.82) is 0 Å². The maximum Gasteiger partial charge on any atom is 0.359 e. The zero-order chi connectivity index (χ0) is 9.30. The molecule has 0 unspecified atom stereocenters. The van der Waals surface area contributed by atoms with E-state index < -0.39 is 0 Å². The molecule has 1 heterocycles. The number of halogens is 1. The molecular weight excluding hydrogens is 271 g/mol. The predicted octanol–water partition coefficient (Wildman–Crippen LogP) is 1.12.